The van der Waals surface area contributed by atoms with Gasteiger partial charge >= 0.3 is 0 Å². The number of hydrogen-bond acceptors (Lipinski definition) is 4. The molecule has 4 N–H and O–H groups in total. The Kier molecular flexibility index (Phi) is 9.14. The molecule has 1 aliphatic rings. The minimum absolute atomic E-state index is 0.128. The van der Waals surface area contributed by atoms with Crippen molar-refractivity contribution in [1.29, 1.82) is 0 Å². The largest absolute Gasteiger partial charge is 0.390 e. The first-order valence-electron chi connectivity index (χ1n) is 11.4. The zero-order valence-electron chi connectivity index (χ0n) is 18.5. The lowest BCUT2D eigenvalue weighted by Gasteiger charge is -2.25. The topological polar surface area (TPSA) is 73.4 Å². The number of amides is 1. The molecule has 5 nitrogen and oxygen atoms in total. The first-order chi connectivity index (χ1) is 15.4. The maximum Gasteiger partial charge on any atom is 0.221 e. The van der Waals surface area contributed by atoms with E-state index in [1.807, 2.05) is 12.1 Å². The van der Waals surface area contributed by atoms with Crippen molar-refractivity contribution in [3.8, 4) is 0 Å². The second-order valence-electron chi connectivity index (χ2n) is 8.52. The van der Waals surface area contributed by atoms with Gasteiger partial charge in [0.2, 0.25) is 5.91 Å². The Balaban J connectivity index is 1.61. The van der Waals surface area contributed by atoms with Crippen LogP contribution in [0, 0.1) is 11.6 Å². The van der Waals surface area contributed by atoms with Crippen molar-refractivity contribution < 1.29 is 18.7 Å². The molecule has 1 amide bonds. The third kappa shape index (κ3) is 7.65. The number of nitrogens with one attached hydrogen (secondary N) is 3. The summed E-state index contributed by atoms with van der Waals surface area (Å²) < 4.78 is 27.3. The number of aryl methyl sites for hydroxylation is 1. The van der Waals surface area contributed by atoms with E-state index in [9.17, 15) is 18.7 Å². The minimum atomic E-state index is -0.920. The summed E-state index contributed by atoms with van der Waals surface area (Å²) in [5, 5.41) is 20.2. The molecular weight excluding hydrogens is 412 g/mol. The number of hydrogen-bond donors (Lipinski definition) is 4. The molecule has 0 bridgehead atoms. The van der Waals surface area contributed by atoms with Crippen LogP contribution in [0.1, 0.15) is 42.9 Å². The fraction of sp³-hybridized carbons (Fsp3) is 0.480. The van der Waals surface area contributed by atoms with Gasteiger partial charge < -0.3 is 21.1 Å². The van der Waals surface area contributed by atoms with E-state index in [0.29, 0.717) is 18.5 Å². The van der Waals surface area contributed by atoms with E-state index in [0.717, 1.165) is 37.4 Å². The van der Waals surface area contributed by atoms with E-state index in [2.05, 4.69) is 35.0 Å². The summed E-state index contributed by atoms with van der Waals surface area (Å²) in [5.41, 5.74) is 2.74. The zero-order valence-corrected chi connectivity index (χ0v) is 18.5. The maximum absolute atomic E-state index is 13.7. The molecule has 2 aromatic carbocycles. The Labute approximate surface area is 188 Å². The first kappa shape index (κ1) is 24.3. The Morgan fingerprint density at radius 1 is 1.16 bits per heavy atom. The highest BCUT2D eigenvalue weighted by atomic mass is 19.1. The highest BCUT2D eigenvalue weighted by Crippen LogP contribution is 2.14. The zero-order chi connectivity index (χ0) is 22.9. The van der Waals surface area contributed by atoms with Gasteiger partial charge in [-0.2, -0.15) is 0 Å². The van der Waals surface area contributed by atoms with Crippen LogP contribution in [0.4, 0.5) is 8.78 Å². The molecule has 1 saturated heterocycles. The molecule has 3 rings (SSSR count). The van der Waals surface area contributed by atoms with Gasteiger partial charge in [0, 0.05) is 31.6 Å². The number of carbonyl (C=O) groups excluding carboxylic acids is 1. The van der Waals surface area contributed by atoms with Crippen molar-refractivity contribution in [2.75, 3.05) is 13.1 Å². The average Bonchev–Trinajstić information content (AvgIpc) is 3.25. The molecule has 7 heteroatoms. The molecule has 0 spiro atoms. The van der Waals surface area contributed by atoms with Gasteiger partial charge in [0.15, 0.2) is 0 Å². The quantitative estimate of drug-likeness (QED) is 0.429. The van der Waals surface area contributed by atoms with Gasteiger partial charge in [0.25, 0.3) is 0 Å². The highest BCUT2D eigenvalue weighted by Gasteiger charge is 2.24. The third-order valence-electron chi connectivity index (χ3n) is 5.87. The molecule has 174 valence electrons. The monoisotopic (exact) mass is 445 g/mol. The maximum atomic E-state index is 13.7. The van der Waals surface area contributed by atoms with Crippen molar-refractivity contribution in [1.82, 2.24) is 16.0 Å². The lowest BCUT2D eigenvalue weighted by atomic mass is 10.00. The van der Waals surface area contributed by atoms with Crippen molar-refractivity contribution in [2.45, 2.75) is 63.8 Å². The number of halogens is 2. The molecule has 0 aromatic heterocycles. The van der Waals surface area contributed by atoms with Crippen molar-refractivity contribution in [3.05, 3.63) is 70.8 Å². The Morgan fingerprint density at radius 2 is 1.91 bits per heavy atom. The summed E-state index contributed by atoms with van der Waals surface area (Å²) in [6.07, 6.45) is 2.45. The SMILES string of the molecule is CCc1cccc(CNC[C@H](O)[C@H](Cc2cc(F)cc(F)c2)NC(=O)C[C@@H]2CCCN2)c1. The number of aliphatic hydroxyl groups excluding tert-OH is 1. The first-order valence-corrected chi connectivity index (χ1v) is 11.4. The van der Waals surface area contributed by atoms with Gasteiger partial charge in [0.1, 0.15) is 11.6 Å². The molecule has 1 fully saturated rings. The van der Waals surface area contributed by atoms with Crippen LogP contribution in [-0.4, -0.2) is 42.3 Å². The summed E-state index contributed by atoms with van der Waals surface area (Å²) in [4.78, 5) is 12.6. The highest BCUT2D eigenvalue weighted by molar-refractivity contribution is 5.77. The van der Waals surface area contributed by atoms with Gasteiger partial charge in [-0.3, -0.25) is 4.79 Å². The van der Waals surface area contributed by atoms with E-state index in [1.165, 1.54) is 17.7 Å². The Hall–Kier alpha value is -2.35. The molecule has 0 aliphatic carbocycles. The summed E-state index contributed by atoms with van der Waals surface area (Å²) in [6.45, 7) is 3.81. The van der Waals surface area contributed by atoms with Crippen LogP contribution in [0.15, 0.2) is 42.5 Å². The normalized spacial score (nSPS) is 17.8. The molecule has 0 unspecified atom stereocenters. The van der Waals surface area contributed by atoms with Gasteiger partial charge in [0.05, 0.1) is 12.1 Å². The second kappa shape index (κ2) is 12.0. The minimum Gasteiger partial charge on any atom is -0.390 e. The molecular formula is C25H33F2N3O2. The fourth-order valence-corrected chi connectivity index (χ4v) is 4.15. The van der Waals surface area contributed by atoms with E-state index in [-0.39, 0.29) is 24.9 Å². The molecule has 2 aromatic rings. The van der Waals surface area contributed by atoms with Crippen LogP contribution in [0.3, 0.4) is 0 Å². The predicted octanol–water partition coefficient (Wildman–Crippen LogP) is 2.85. The van der Waals surface area contributed by atoms with E-state index < -0.39 is 23.8 Å². The van der Waals surface area contributed by atoms with Crippen molar-refractivity contribution in [2.24, 2.45) is 0 Å². The van der Waals surface area contributed by atoms with Gasteiger partial charge in [-0.05, 0) is 61.1 Å². The standard InChI is InChI=1S/C25H33F2N3O2/c1-2-17-5-3-6-18(9-17)15-28-16-24(31)23(12-19-10-20(26)13-21(27)11-19)30-25(32)14-22-7-4-8-29-22/h3,5-6,9-11,13,22-24,28-29,31H,2,4,7-8,12,14-16H2,1H3,(H,30,32)/t22-,23-,24-/m0/s1. The molecule has 0 radical (unpaired) electrons. The molecule has 3 atom stereocenters. The number of carbonyl (C=O) groups is 1. The predicted molar refractivity (Wildman–Crippen MR) is 121 cm³/mol. The van der Waals surface area contributed by atoms with Crippen LogP contribution >= 0.6 is 0 Å². The lowest BCUT2D eigenvalue weighted by molar-refractivity contribution is -0.123. The van der Waals surface area contributed by atoms with Crippen LogP contribution in [0.5, 0.6) is 0 Å². The fourth-order valence-electron chi connectivity index (χ4n) is 4.15. The average molecular weight is 446 g/mol. The summed E-state index contributed by atoms with van der Waals surface area (Å²) in [5.74, 6) is -1.53. The lowest BCUT2D eigenvalue weighted by Crippen LogP contribution is -2.49. The molecule has 0 saturated carbocycles. The van der Waals surface area contributed by atoms with Crippen molar-refractivity contribution >= 4 is 5.91 Å². The number of aliphatic hydroxyl groups is 1. The summed E-state index contributed by atoms with van der Waals surface area (Å²) >= 11 is 0. The third-order valence-corrected chi connectivity index (χ3v) is 5.87. The van der Waals surface area contributed by atoms with Gasteiger partial charge in [-0.15, -0.1) is 0 Å². The van der Waals surface area contributed by atoms with Gasteiger partial charge in [-0.1, -0.05) is 31.2 Å². The summed E-state index contributed by atoms with van der Waals surface area (Å²) in [7, 11) is 0. The number of benzene rings is 2. The van der Waals surface area contributed by atoms with Crippen LogP contribution in [0.25, 0.3) is 0 Å². The number of rotatable bonds is 11. The Bertz CT molecular complexity index is 867. The van der Waals surface area contributed by atoms with Crippen LogP contribution in [-0.2, 0) is 24.2 Å². The van der Waals surface area contributed by atoms with Gasteiger partial charge in [-0.25, -0.2) is 8.78 Å². The van der Waals surface area contributed by atoms with E-state index in [1.54, 1.807) is 0 Å². The Morgan fingerprint density at radius 3 is 2.59 bits per heavy atom. The van der Waals surface area contributed by atoms with E-state index >= 15 is 0 Å². The smallest absolute Gasteiger partial charge is 0.221 e. The second-order valence-corrected chi connectivity index (χ2v) is 8.52. The summed E-state index contributed by atoms with van der Waals surface area (Å²) in [6, 6.07) is 10.9. The van der Waals surface area contributed by atoms with Crippen LogP contribution < -0.4 is 16.0 Å². The van der Waals surface area contributed by atoms with Crippen LogP contribution in [0.2, 0.25) is 0 Å². The van der Waals surface area contributed by atoms with E-state index in [4.69, 9.17) is 0 Å². The molecule has 1 aliphatic heterocycles. The molecule has 32 heavy (non-hydrogen) atoms. The molecule has 1 heterocycles. The van der Waals surface area contributed by atoms with Crippen molar-refractivity contribution in [3.63, 3.8) is 0 Å².